The average molecular weight is 384 g/mol. The minimum absolute atomic E-state index is 0.0683. The Hall–Kier alpha value is -3.11. The van der Waals surface area contributed by atoms with Gasteiger partial charge in [0.15, 0.2) is 0 Å². The Balaban J connectivity index is 1.84. The molecule has 5 rings (SSSR count). The summed E-state index contributed by atoms with van der Waals surface area (Å²) >= 11 is 0. The summed E-state index contributed by atoms with van der Waals surface area (Å²) in [5.41, 5.74) is 11.3. The molecule has 4 heteroatoms. The van der Waals surface area contributed by atoms with Crippen molar-refractivity contribution in [3.63, 3.8) is 0 Å². The third kappa shape index (κ3) is 2.67. The van der Waals surface area contributed by atoms with Crippen LogP contribution in [0, 0.1) is 6.92 Å². The quantitative estimate of drug-likeness (QED) is 0.503. The van der Waals surface area contributed by atoms with E-state index in [9.17, 15) is 4.79 Å². The lowest BCUT2D eigenvalue weighted by Gasteiger charge is -2.18. The smallest absolute Gasteiger partial charge is 0.256 e. The van der Waals surface area contributed by atoms with E-state index in [2.05, 4.69) is 29.2 Å². The van der Waals surface area contributed by atoms with Crippen LogP contribution in [0.4, 0.5) is 0 Å². The molecule has 1 aromatic heterocycles. The minimum Gasteiger partial charge on any atom is -0.496 e. The van der Waals surface area contributed by atoms with Gasteiger partial charge in [-0.15, -0.1) is 0 Å². The van der Waals surface area contributed by atoms with Gasteiger partial charge in [0, 0.05) is 28.3 Å². The molecule has 1 saturated carbocycles. The Morgan fingerprint density at radius 2 is 1.76 bits per heavy atom. The van der Waals surface area contributed by atoms with Crippen LogP contribution in [0.1, 0.15) is 24.0 Å². The number of nitrogens with two attached hydrogens (primary N) is 1. The van der Waals surface area contributed by atoms with Crippen LogP contribution in [-0.4, -0.2) is 18.6 Å². The molecule has 1 heterocycles. The van der Waals surface area contributed by atoms with Crippen molar-refractivity contribution in [3.05, 3.63) is 76.1 Å². The summed E-state index contributed by atoms with van der Waals surface area (Å²) in [5.74, 6) is 0.805. The lowest BCUT2D eigenvalue weighted by atomic mass is 9.90. The fourth-order valence-corrected chi connectivity index (χ4v) is 4.50. The first kappa shape index (κ1) is 18.0. The first-order chi connectivity index (χ1) is 14.1. The highest BCUT2D eigenvalue weighted by Crippen LogP contribution is 2.48. The maximum absolute atomic E-state index is 12.6. The standard InChI is InChI=1S/C25H24N2O2/c1-15-13-20(29-2)21(16-7-9-17(10-8-16)25(14-26)11-12-25)22-18-5-3-4-6-19(18)24(28)27-23(15)22/h3-10,13H,11-12,14,26H2,1-2H3,(H,27,28). The maximum atomic E-state index is 12.6. The number of ether oxygens (including phenoxy) is 1. The largest absolute Gasteiger partial charge is 0.496 e. The lowest BCUT2D eigenvalue weighted by molar-refractivity contribution is 0.416. The molecule has 1 fully saturated rings. The van der Waals surface area contributed by atoms with Crippen molar-refractivity contribution in [2.24, 2.45) is 5.73 Å². The zero-order chi connectivity index (χ0) is 20.2. The number of rotatable bonds is 4. The fraction of sp³-hybridized carbons (Fsp3) is 0.240. The Morgan fingerprint density at radius 3 is 2.38 bits per heavy atom. The molecular formula is C25H24N2O2. The molecule has 0 atom stereocenters. The van der Waals surface area contributed by atoms with Crippen LogP contribution in [-0.2, 0) is 5.41 Å². The number of pyridine rings is 1. The van der Waals surface area contributed by atoms with Crippen LogP contribution in [0.3, 0.4) is 0 Å². The Labute approximate surface area is 169 Å². The van der Waals surface area contributed by atoms with E-state index in [-0.39, 0.29) is 11.0 Å². The van der Waals surface area contributed by atoms with Crippen LogP contribution in [0.2, 0.25) is 0 Å². The van der Waals surface area contributed by atoms with Gasteiger partial charge >= 0.3 is 0 Å². The minimum atomic E-state index is -0.0683. The van der Waals surface area contributed by atoms with E-state index in [1.807, 2.05) is 37.3 Å². The number of nitrogens with one attached hydrogen (secondary N) is 1. The first-order valence-electron chi connectivity index (χ1n) is 10.0. The van der Waals surface area contributed by atoms with Crippen LogP contribution in [0.15, 0.2) is 59.4 Å². The van der Waals surface area contributed by atoms with E-state index in [0.717, 1.165) is 51.6 Å². The van der Waals surface area contributed by atoms with Gasteiger partial charge in [-0.3, -0.25) is 4.79 Å². The van der Waals surface area contributed by atoms with Gasteiger partial charge in [-0.05, 0) is 54.0 Å². The number of hydrogen-bond donors (Lipinski definition) is 2. The van der Waals surface area contributed by atoms with Crippen LogP contribution >= 0.6 is 0 Å². The highest BCUT2D eigenvalue weighted by atomic mass is 16.5. The van der Waals surface area contributed by atoms with E-state index in [1.54, 1.807) is 7.11 Å². The molecule has 0 aliphatic heterocycles. The molecule has 0 unspecified atom stereocenters. The monoisotopic (exact) mass is 384 g/mol. The van der Waals surface area contributed by atoms with Gasteiger partial charge in [-0.2, -0.15) is 0 Å². The van der Waals surface area contributed by atoms with E-state index in [4.69, 9.17) is 10.5 Å². The predicted octanol–water partition coefficient (Wildman–Crippen LogP) is 4.66. The molecule has 4 nitrogen and oxygen atoms in total. The molecule has 0 saturated heterocycles. The van der Waals surface area contributed by atoms with Gasteiger partial charge in [0.25, 0.3) is 5.56 Å². The number of hydrogen-bond acceptors (Lipinski definition) is 3. The summed E-state index contributed by atoms with van der Waals surface area (Å²) in [7, 11) is 1.69. The topological polar surface area (TPSA) is 68.1 Å². The van der Waals surface area contributed by atoms with Crippen molar-refractivity contribution < 1.29 is 4.74 Å². The summed E-state index contributed by atoms with van der Waals surface area (Å²) in [6.45, 7) is 2.69. The molecule has 1 aliphatic carbocycles. The Bertz CT molecular complexity index is 1300. The van der Waals surface area contributed by atoms with Crippen molar-refractivity contribution >= 4 is 21.7 Å². The Morgan fingerprint density at radius 1 is 1.07 bits per heavy atom. The third-order valence-corrected chi connectivity index (χ3v) is 6.42. The SMILES string of the molecule is COc1cc(C)c2[nH]c(=O)c3ccccc3c2c1-c1ccc(C2(CN)CC2)cc1. The van der Waals surface area contributed by atoms with Crippen LogP contribution < -0.4 is 16.0 Å². The molecule has 4 aromatic rings. The maximum Gasteiger partial charge on any atom is 0.256 e. The third-order valence-electron chi connectivity index (χ3n) is 6.42. The van der Waals surface area contributed by atoms with Gasteiger partial charge in [-0.25, -0.2) is 0 Å². The Kier molecular flexibility index (Phi) is 4.00. The van der Waals surface area contributed by atoms with Gasteiger partial charge in [0.05, 0.1) is 12.6 Å². The summed E-state index contributed by atoms with van der Waals surface area (Å²) < 4.78 is 5.79. The van der Waals surface area contributed by atoms with Crippen LogP contribution in [0.25, 0.3) is 32.8 Å². The summed E-state index contributed by atoms with van der Waals surface area (Å²) in [4.78, 5) is 15.7. The second-order valence-corrected chi connectivity index (χ2v) is 8.08. The highest BCUT2D eigenvalue weighted by molar-refractivity contribution is 6.14. The van der Waals surface area contributed by atoms with Crippen LogP contribution in [0.5, 0.6) is 5.75 Å². The lowest BCUT2D eigenvalue weighted by Crippen LogP contribution is -2.19. The van der Waals surface area contributed by atoms with Crippen molar-refractivity contribution in [2.45, 2.75) is 25.2 Å². The van der Waals surface area contributed by atoms with Gasteiger partial charge in [0.2, 0.25) is 0 Å². The second kappa shape index (κ2) is 6.46. The number of benzene rings is 3. The number of H-pyrrole nitrogens is 1. The molecule has 3 aromatic carbocycles. The molecule has 29 heavy (non-hydrogen) atoms. The average Bonchev–Trinajstić information content (AvgIpc) is 3.56. The summed E-state index contributed by atoms with van der Waals surface area (Å²) in [5, 5.41) is 2.64. The van der Waals surface area contributed by atoms with Crippen molar-refractivity contribution in [3.8, 4) is 16.9 Å². The van der Waals surface area contributed by atoms with Crippen molar-refractivity contribution in [1.82, 2.24) is 4.98 Å². The van der Waals surface area contributed by atoms with Gasteiger partial charge in [0.1, 0.15) is 5.75 Å². The molecule has 1 aliphatic rings. The number of methoxy groups -OCH3 is 1. The molecule has 0 amide bonds. The van der Waals surface area contributed by atoms with Gasteiger partial charge in [-0.1, -0.05) is 42.5 Å². The highest BCUT2D eigenvalue weighted by Gasteiger charge is 2.42. The molecule has 0 spiro atoms. The molecule has 0 radical (unpaired) electrons. The number of fused-ring (bicyclic) bond motifs is 3. The molecule has 0 bridgehead atoms. The van der Waals surface area contributed by atoms with Gasteiger partial charge < -0.3 is 15.5 Å². The number of aryl methyl sites for hydroxylation is 1. The zero-order valence-electron chi connectivity index (χ0n) is 16.7. The zero-order valence-corrected chi connectivity index (χ0v) is 16.7. The van der Waals surface area contributed by atoms with Crippen molar-refractivity contribution in [2.75, 3.05) is 13.7 Å². The van der Waals surface area contributed by atoms with E-state index in [0.29, 0.717) is 11.9 Å². The molecular weight excluding hydrogens is 360 g/mol. The second-order valence-electron chi connectivity index (χ2n) is 8.08. The summed E-state index contributed by atoms with van der Waals surface area (Å²) in [6, 6.07) is 18.4. The normalized spacial score (nSPS) is 15.0. The molecule has 146 valence electrons. The first-order valence-corrected chi connectivity index (χ1v) is 10.0. The number of aromatic amines is 1. The van der Waals surface area contributed by atoms with E-state index in [1.165, 1.54) is 5.56 Å². The predicted molar refractivity (Wildman–Crippen MR) is 119 cm³/mol. The van der Waals surface area contributed by atoms with Crippen molar-refractivity contribution in [1.29, 1.82) is 0 Å². The molecule has 3 N–H and O–H groups in total. The van der Waals surface area contributed by atoms with E-state index < -0.39 is 0 Å². The van der Waals surface area contributed by atoms with E-state index >= 15 is 0 Å². The summed E-state index contributed by atoms with van der Waals surface area (Å²) in [6.07, 6.45) is 2.32. The number of aromatic nitrogens is 1. The fourth-order valence-electron chi connectivity index (χ4n) is 4.50.